The number of carbonyl (C=O) groups excluding carboxylic acids is 1. The number of nitrogens with one attached hydrogen (secondary N) is 1. The van der Waals surface area contributed by atoms with E-state index in [2.05, 4.69) is 10.3 Å². The zero-order valence-electron chi connectivity index (χ0n) is 13.4. The molecular formula is C20H20N2O2. The normalized spacial score (nSPS) is 12.0. The van der Waals surface area contributed by atoms with Crippen LogP contribution < -0.4 is 5.32 Å². The second-order valence-corrected chi connectivity index (χ2v) is 5.75. The van der Waals surface area contributed by atoms with E-state index in [9.17, 15) is 9.90 Å². The summed E-state index contributed by atoms with van der Waals surface area (Å²) < 4.78 is 0. The maximum absolute atomic E-state index is 11.9. The first-order chi connectivity index (χ1) is 11.7. The molecule has 0 aliphatic rings. The summed E-state index contributed by atoms with van der Waals surface area (Å²) in [4.78, 5) is 16.1. The Morgan fingerprint density at radius 2 is 1.83 bits per heavy atom. The van der Waals surface area contributed by atoms with Crippen molar-refractivity contribution in [1.82, 2.24) is 10.3 Å². The van der Waals surface area contributed by atoms with Crippen LogP contribution in [0.2, 0.25) is 0 Å². The molecular weight excluding hydrogens is 300 g/mol. The van der Waals surface area contributed by atoms with Gasteiger partial charge >= 0.3 is 0 Å². The minimum atomic E-state index is -0.714. The second kappa shape index (κ2) is 7.70. The molecule has 0 saturated carbocycles. The second-order valence-electron chi connectivity index (χ2n) is 5.75. The summed E-state index contributed by atoms with van der Waals surface area (Å²) in [6, 6.07) is 19.5. The van der Waals surface area contributed by atoms with Gasteiger partial charge in [0.1, 0.15) is 0 Å². The van der Waals surface area contributed by atoms with E-state index in [0.717, 1.165) is 22.0 Å². The van der Waals surface area contributed by atoms with Crippen molar-refractivity contribution in [3.05, 3.63) is 78.1 Å². The summed E-state index contributed by atoms with van der Waals surface area (Å²) in [6.07, 6.45) is 1.96. The molecule has 1 atom stereocenters. The lowest BCUT2D eigenvalue weighted by Gasteiger charge is -2.13. The van der Waals surface area contributed by atoms with Gasteiger partial charge in [-0.2, -0.15) is 0 Å². The van der Waals surface area contributed by atoms with Gasteiger partial charge in [-0.1, -0.05) is 42.5 Å². The first-order valence-corrected chi connectivity index (χ1v) is 8.06. The minimum Gasteiger partial charge on any atom is -0.387 e. The number of aryl methyl sites for hydroxylation is 1. The number of rotatable bonds is 6. The summed E-state index contributed by atoms with van der Waals surface area (Å²) >= 11 is 0. The fraction of sp³-hybridized carbons (Fsp3) is 0.200. The molecule has 1 unspecified atom stereocenters. The van der Waals surface area contributed by atoms with Crippen molar-refractivity contribution in [2.45, 2.75) is 18.9 Å². The van der Waals surface area contributed by atoms with Gasteiger partial charge in [0, 0.05) is 24.9 Å². The molecule has 122 valence electrons. The molecule has 1 aromatic heterocycles. The van der Waals surface area contributed by atoms with Crippen molar-refractivity contribution in [1.29, 1.82) is 0 Å². The summed E-state index contributed by atoms with van der Waals surface area (Å²) in [5.74, 6) is -0.0829. The van der Waals surface area contributed by atoms with E-state index in [-0.39, 0.29) is 12.5 Å². The number of amides is 1. The SMILES string of the molecule is O=C(CCc1ccccn1)NCC(O)c1ccc2ccccc2c1. The highest BCUT2D eigenvalue weighted by molar-refractivity contribution is 5.83. The summed E-state index contributed by atoms with van der Waals surface area (Å²) in [7, 11) is 0. The van der Waals surface area contributed by atoms with E-state index in [1.54, 1.807) is 6.20 Å². The largest absolute Gasteiger partial charge is 0.387 e. The van der Waals surface area contributed by atoms with E-state index in [4.69, 9.17) is 0 Å². The summed E-state index contributed by atoms with van der Waals surface area (Å²) in [5, 5.41) is 15.3. The van der Waals surface area contributed by atoms with Gasteiger partial charge in [0.15, 0.2) is 0 Å². The zero-order chi connectivity index (χ0) is 16.8. The van der Waals surface area contributed by atoms with Crippen LogP contribution in [-0.4, -0.2) is 22.5 Å². The molecule has 0 aliphatic heterocycles. The number of hydrogen-bond donors (Lipinski definition) is 2. The Kier molecular flexibility index (Phi) is 5.18. The van der Waals surface area contributed by atoms with Crippen LogP contribution >= 0.6 is 0 Å². The van der Waals surface area contributed by atoms with Gasteiger partial charge in [-0.15, -0.1) is 0 Å². The van der Waals surface area contributed by atoms with Crippen molar-refractivity contribution in [2.24, 2.45) is 0 Å². The number of aliphatic hydroxyl groups excluding tert-OH is 1. The van der Waals surface area contributed by atoms with E-state index in [0.29, 0.717) is 12.8 Å². The fourth-order valence-corrected chi connectivity index (χ4v) is 2.62. The molecule has 2 N–H and O–H groups in total. The molecule has 0 spiro atoms. The smallest absolute Gasteiger partial charge is 0.220 e. The predicted octanol–water partition coefficient (Wildman–Crippen LogP) is 3.02. The fourth-order valence-electron chi connectivity index (χ4n) is 2.62. The predicted molar refractivity (Wildman–Crippen MR) is 94.5 cm³/mol. The molecule has 0 radical (unpaired) electrons. The van der Waals surface area contributed by atoms with Crippen LogP contribution in [0.4, 0.5) is 0 Å². The molecule has 4 heteroatoms. The van der Waals surface area contributed by atoms with Crippen LogP contribution in [-0.2, 0) is 11.2 Å². The number of fused-ring (bicyclic) bond motifs is 1. The molecule has 4 nitrogen and oxygen atoms in total. The Hall–Kier alpha value is -2.72. The third-order valence-electron chi connectivity index (χ3n) is 3.99. The highest BCUT2D eigenvalue weighted by Crippen LogP contribution is 2.20. The van der Waals surface area contributed by atoms with Crippen LogP contribution in [0.1, 0.15) is 23.8 Å². The van der Waals surface area contributed by atoms with Crippen LogP contribution in [0.25, 0.3) is 10.8 Å². The lowest BCUT2D eigenvalue weighted by atomic mass is 10.0. The number of benzene rings is 2. The van der Waals surface area contributed by atoms with Crippen LogP contribution in [0.5, 0.6) is 0 Å². The monoisotopic (exact) mass is 320 g/mol. The van der Waals surface area contributed by atoms with E-state index < -0.39 is 6.10 Å². The van der Waals surface area contributed by atoms with Crippen molar-refractivity contribution < 1.29 is 9.90 Å². The topological polar surface area (TPSA) is 62.2 Å². The third-order valence-corrected chi connectivity index (χ3v) is 3.99. The van der Waals surface area contributed by atoms with Crippen molar-refractivity contribution in [3.8, 4) is 0 Å². The van der Waals surface area contributed by atoms with Crippen LogP contribution in [0, 0.1) is 0 Å². The molecule has 1 amide bonds. The number of nitrogens with zero attached hydrogens (tertiary/aromatic N) is 1. The van der Waals surface area contributed by atoms with Gasteiger partial charge in [0.2, 0.25) is 5.91 Å². The molecule has 0 fully saturated rings. The maximum Gasteiger partial charge on any atom is 0.220 e. The average Bonchev–Trinajstić information content (AvgIpc) is 2.65. The van der Waals surface area contributed by atoms with Gasteiger partial charge in [-0.05, 0) is 41.0 Å². The first kappa shape index (κ1) is 16.1. The molecule has 3 rings (SSSR count). The molecule has 0 bridgehead atoms. The van der Waals surface area contributed by atoms with Gasteiger partial charge < -0.3 is 10.4 Å². The molecule has 24 heavy (non-hydrogen) atoms. The number of carbonyl (C=O) groups is 1. The van der Waals surface area contributed by atoms with E-state index >= 15 is 0 Å². The van der Waals surface area contributed by atoms with E-state index in [1.165, 1.54) is 0 Å². The molecule has 3 aromatic rings. The number of aliphatic hydroxyl groups is 1. The van der Waals surface area contributed by atoms with Gasteiger partial charge in [-0.25, -0.2) is 0 Å². The third kappa shape index (κ3) is 4.18. The first-order valence-electron chi connectivity index (χ1n) is 8.06. The van der Waals surface area contributed by atoms with Gasteiger partial charge in [-0.3, -0.25) is 9.78 Å². The highest BCUT2D eigenvalue weighted by atomic mass is 16.3. The van der Waals surface area contributed by atoms with Crippen molar-refractivity contribution in [2.75, 3.05) is 6.54 Å². The Morgan fingerprint density at radius 3 is 2.62 bits per heavy atom. The van der Waals surface area contributed by atoms with E-state index in [1.807, 2.05) is 60.7 Å². The number of pyridine rings is 1. The lowest BCUT2D eigenvalue weighted by molar-refractivity contribution is -0.121. The van der Waals surface area contributed by atoms with Gasteiger partial charge in [0.25, 0.3) is 0 Å². The molecule has 1 heterocycles. The highest BCUT2D eigenvalue weighted by Gasteiger charge is 2.10. The maximum atomic E-state index is 11.9. The summed E-state index contributed by atoms with van der Waals surface area (Å²) in [5.41, 5.74) is 1.70. The van der Waals surface area contributed by atoms with Crippen LogP contribution in [0.3, 0.4) is 0 Å². The Morgan fingerprint density at radius 1 is 1.04 bits per heavy atom. The number of aromatic nitrogens is 1. The molecule has 0 aliphatic carbocycles. The Bertz CT molecular complexity index is 818. The van der Waals surface area contributed by atoms with Crippen molar-refractivity contribution >= 4 is 16.7 Å². The van der Waals surface area contributed by atoms with Gasteiger partial charge in [0.05, 0.1) is 6.10 Å². The summed E-state index contributed by atoms with van der Waals surface area (Å²) in [6.45, 7) is 0.208. The minimum absolute atomic E-state index is 0.0829. The quantitative estimate of drug-likeness (QED) is 0.734. The standard InChI is InChI=1S/C20H20N2O2/c23-19(17-9-8-15-5-1-2-6-16(15)13-17)14-22-20(24)11-10-18-7-3-4-12-21-18/h1-9,12-13,19,23H,10-11,14H2,(H,22,24). The Labute approximate surface area is 141 Å². The average molecular weight is 320 g/mol. The van der Waals surface area contributed by atoms with Crippen LogP contribution in [0.15, 0.2) is 66.9 Å². The van der Waals surface area contributed by atoms with Crippen molar-refractivity contribution in [3.63, 3.8) is 0 Å². The lowest BCUT2D eigenvalue weighted by Crippen LogP contribution is -2.28. The zero-order valence-corrected chi connectivity index (χ0v) is 13.4. The number of hydrogen-bond acceptors (Lipinski definition) is 3. The molecule has 2 aromatic carbocycles. The Balaban J connectivity index is 1.52. The molecule has 0 saturated heterocycles.